The van der Waals surface area contributed by atoms with Crippen molar-refractivity contribution in [3.63, 3.8) is 0 Å². The number of hydrogen-bond acceptors (Lipinski definition) is 2. The van der Waals surface area contributed by atoms with Crippen LogP contribution in [0.3, 0.4) is 0 Å². The first-order chi connectivity index (χ1) is 5.16. The number of aliphatic imine (C=N–C) groups is 1. The summed E-state index contributed by atoms with van der Waals surface area (Å²) in [6.07, 6.45) is 3.47. The molecule has 0 aromatic rings. The van der Waals surface area contributed by atoms with E-state index in [1.54, 1.807) is 6.92 Å². The third-order valence-electron chi connectivity index (χ3n) is 1.42. The average Bonchev–Trinajstić information content (AvgIpc) is 1.86. The number of rotatable bonds is 5. The van der Waals surface area contributed by atoms with Gasteiger partial charge in [-0.15, -0.1) is 0 Å². The number of aliphatic hydroxyl groups excluding tert-OH is 1. The molecule has 0 amide bonds. The van der Waals surface area contributed by atoms with Gasteiger partial charge in [-0.2, -0.15) is 0 Å². The standard InChI is InChI=1S/C8H18N2O/c1-3-4-5-6-8(11)10-7(2)9/h8,11H,3-6H2,1-2H3,(H2,9,10). The van der Waals surface area contributed by atoms with Gasteiger partial charge in [0.2, 0.25) is 0 Å². The summed E-state index contributed by atoms with van der Waals surface area (Å²) in [6.45, 7) is 3.81. The molecule has 0 aliphatic rings. The van der Waals surface area contributed by atoms with Crippen molar-refractivity contribution in [2.24, 2.45) is 10.7 Å². The van der Waals surface area contributed by atoms with Gasteiger partial charge < -0.3 is 10.8 Å². The molecule has 0 rings (SSSR count). The number of aliphatic hydroxyl groups is 1. The van der Waals surface area contributed by atoms with Crippen LogP contribution in [0, 0.1) is 0 Å². The van der Waals surface area contributed by atoms with Gasteiger partial charge in [0.15, 0.2) is 0 Å². The first kappa shape index (κ1) is 10.4. The van der Waals surface area contributed by atoms with Crippen molar-refractivity contribution in [1.82, 2.24) is 0 Å². The molecule has 66 valence electrons. The Morgan fingerprint density at radius 2 is 2.18 bits per heavy atom. The second-order valence-electron chi connectivity index (χ2n) is 2.75. The van der Waals surface area contributed by atoms with Gasteiger partial charge in [-0.25, -0.2) is 4.99 Å². The third kappa shape index (κ3) is 7.33. The van der Waals surface area contributed by atoms with E-state index in [0.29, 0.717) is 5.84 Å². The lowest BCUT2D eigenvalue weighted by atomic mass is 10.2. The fraction of sp³-hybridized carbons (Fsp3) is 0.875. The second kappa shape index (κ2) is 6.16. The molecule has 0 aliphatic carbocycles. The Hall–Kier alpha value is -0.570. The molecule has 0 bridgehead atoms. The zero-order chi connectivity index (χ0) is 8.69. The van der Waals surface area contributed by atoms with Crippen molar-refractivity contribution in [1.29, 1.82) is 0 Å². The van der Waals surface area contributed by atoms with E-state index in [1.165, 1.54) is 0 Å². The molecule has 3 heteroatoms. The summed E-state index contributed by atoms with van der Waals surface area (Å²) in [5.74, 6) is 0.453. The van der Waals surface area contributed by atoms with Crippen LogP contribution in [0.5, 0.6) is 0 Å². The molecular weight excluding hydrogens is 140 g/mol. The second-order valence-corrected chi connectivity index (χ2v) is 2.75. The maximum absolute atomic E-state index is 9.18. The monoisotopic (exact) mass is 158 g/mol. The number of amidine groups is 1. The highest BCUT2D eigenvalue weighted by Gasteiger charge is 1.98. The van der Waals surface area contributed by atoms with Crippen molar-refractivity contribution in [2.45, 2.75) is 45.8 Å². The topological polar surface area (TPSA) is 58.6 Å². The van der Waals surface area contributed by atoms with E-state index in [-0.39, 0.29) is 0 Å². The summed E-state index contributed by atoms with van der Waals surface area (Å²) < 4.78 is 0. The zero-order valence-corrected chi connectivity index (χ0v) is 7.38. The summed E-state index contributed by atoms with van der Waals surface area (Å²) in [7, 11) is 0. The molecule has 11 heavy (non-hydrogen) atoms. The predicted octanol–water partition coefficient (Wildman–Crippen LogP) is 1.26. The Kier molecular flexibility index (Phi) is 5.84. The normalized spacial score (nSPS) is 15.0. The summed E-state index contributed by atoms with van der Waals surface area (Å²) in [6, 6.07) is 0. The van der Waals surface area contributed by atoms with Gasteiger partial charge in [0, 0.05) is 0 Å². The van der Waals surface area contributed by atoms with Crippen LogP contribution in [-0.4, -0.2) is 17.2 Å². The SMILES string of the molecule is CCCCCC(O)/N=C(/C)N. The molecule has 0 aromatic carbocycles. The van der Waals surface area contributed by atoms with E-state index in [2.05, 4.69) is 11.9 Å². The van der Waals surface area contributed by atoms with E-state index in [1.807, 2.05) is 0 Å². The Morgan fingerprint density at radius 3 is 2.64 bits per heavy atom. The molecular formula is C8H18N2O. The first-order valence-electron chi connectivity index (χ1n) is 4.14. The molecule has 0 aliphatic heterocycles. The molecule has 0 radical (unpaired) electrons. The van der Waals surface area contributed by atoms with Crippen LogP contribution in [0.2, 0.25) is 0 Å². The van der Waals surface area contributed by atoms with Crippen LogP contribution in [0.4, 0.5) is 0 Å². The van der Waals surface area contributed by atoms with E-state index in [9.17, 15) is 5.11 Å². The van der Waals surface area contributed by atoms with Crippen LogP contribution in [0.25, 0.3) is 0 Å². The number of hydrogen-bond donors (Lipinski definition) is 2. The van der Waals surface area contributed by atoms with E-state index in [0.717, 1.165) is 25.7 Å². The Morgan fingerprint density at radius 1 is 1.55 bits per heavy atom. The van der Waals surface area contributed by atoms with Crippen molar-refractivity contribution in [3.05, 3.63) is 0 Å². The van der Waals surface area contributed by atoms with Crippen molar-refractivity contribution < 1.29 is 5.11 Å². The maximum Gasteiger partial charge on any atom is 0.147 e. The van der Waals surface area contributed by atoms with Crippen LogP contribution in [-0.2, 0) is 0 Å². The molecule has 3 nitrogen and oxygen atoms in total. The molecule has 1 atom stereocenters. The molecule has 0 fully saturated rings. The van der Waals surface area contributed by atoms with Gasteiger partial charge in [0.1, 0.15) is 6.23 Å². The van der Waals surface area contributed by atoms with Crippen molar-refractivity contribution in [2.75, 3.05) is 0 Å². The van der Waals surface area contributed by atoms with Gasteiger partial charge in [0.25, 0.3) is 0 Å². The fourth-order valence-corrected chi connectivity index (χ4v) is 0.877. The third-order valence-corrected chi connectivity index (χ3v) is 1.42. The van der Waals surface area contributed by atoms with Crippen LogP contribution < -0.4 is 5.73 Å². The van der Waals surface area contributed by atoms with Crippen molar-refractivity contribution in [3.8, 4) is 0 Å². The highest BCUT2D eigenvalue weighted by atomic mass is 16.3. The van der Waals surface area contributed by atoms with Crippen molar-refractivity contribution >= 4 is 5.84 Å². The van der Waals surface area contributed by atoms with E-state index < -0.39 is 6.23 Å². The van der Waals surface area contributed by atoms with Gasteiger partial charge >= 0.3 is 0 Å². The summed E-state index contributed by atoms with van der Waals surface area (Å²) in [5.41, 5.74) is 5.29. The van der Waals surface area contributed by atoms with Crippen LogP contribution >= 0.6 is 0 Å². The van der Waals surface area contributed by atoms with E-state index >= 15 is 0 Å². The minimum atomic E-state index is -0.591. The fourth-order valence-electron chi connectivity index (χ4n) is 0.877. The quantitative estimate of drug-likeness (QED) is 0.359. The summed E-state index contributed by atoms with van der Waals surface area (Å²) >= 11 is 0. The molecule has 0 heterocycles. The van der Waals surface area contributed by atoms with Gasteiger partial charge in [-0.1, -0.05) is 19.8 Å². The largest absolute Gasteiger partial charge is 0.388 e. The lowest BCUT2D eigenvalue weighted by Crippen LogP contribution is -2.12. The molecule has 3 N–H and O–H groups in total. The summed E-state index contributed by atoms with van der Waals surface area (Å²) in [5, 5.41) is 9.18. The molecule has 0 aromatic heterocycles. The summed E-state index contributed by atoms with van der Waals surface area (Å²) in [4.78, 5) is 3.80. The zero-order valence-electron chi connectivity index (χ0n) is 7.38. The lowest BCUT2D eigenvalue weighted by Gasteiger charge is -2.04. The number of nitrogens with two attached hydrogens (primary N) is 1. The minimum absolute atomic E-state index is 0.453. The molecule has 0 saturated heterocycles. The first-order valence-corrected chi connectivity index (χ1v) is 4.14. The average molecular weight is 158 g/mol. The smallest absolute Gasteiger partial charge is 0.147 e. The Balaban J connectivity index is 3.37. The van der Waals surface area contributed by atoms with E-state index in [4.69, 9.17) is 5.73 Å². The lowest BCUT2D eigenvalue weighted by molar-refractivity contribution is 0.170. The highest BCUT2D eigenvalue weighted by Crippen LogP contribution is 2.03. The molecule has 0 spiro atoms. The molecule has 0 saturated carbocycles. The Bertz CT molecular complexity index is 119. The minimum Gasteiger partial charge on any atom is -0.388 e. The van der Waals surface area contributed by atoms with Gasteiger partial charge in [-0.3, -0.25) is 0 Å². The van der Waals surface area contributed by atoms with Crippen LogP contribution in [0.15, 0.2) is 4.99 Å². The Labute approximate surface area is 68.3 Å². The number of nitrogens with zero attached hydrogens (tertiary/aromatic N) is 1. The molecule has 1 unspecified atom stereocenters. The predicted molar refractivity (Wildman–Crippen MR) is 47.4 cm³/mol. The number of unbranched alkanes of at least 4 members (excludes halogenated alkanes) is 2. The maximum atomic E-state index is 9.18. The van der Waals surface area contributed by atoms with Crippen LogP contribution in [0.1, 0.15) is 39.5 Å². The van der Waals surface area contributed by atoms with Gasteiger partial charge in [0.05, 0.1) is 5.84 Å². The van der Waals surface area contributed by atoms with Gasteiger partial charge in [-0.05, 0) is 19.8 Å². The highest BCUT2D eigenvalue weighted by molar-refractivity contribution is 5.77.